The third-order valence-electron chi connectivity index (χ3n) is 3.90. The zero-order chi connectivity index (χ0) is 21.4. The quantitative estimate of drug-likeness (QED) is 0.544. The number of nitrogens with one attached hydrogen (secondary N) is 1. The summed E-state index contributed by atoms with van der Waals surface area (Å²) < 4.78 is 7.31. The maximum Gasteiger partial charge on any atom is 0.414 e. The van der Waals surface area contributed by atoms with Crippen LogP contribution in [0.1, 0.15) is 5.56 Å². The lowest BCUT2D eigenvalue weighted by Gasteiger charge is -2.09. The Morgan fingerprint density at radius 2 is 1.79 bits per heavy atom. The van der Waals surface area contributed by atoms with Crippen molar-refractivity contribution in [1.29, 1.82) is 0 Å². The first kappa shape index (κ1) is 21.8. The number of benzene rings is 2. The van der Waals surface area contributed by atoms with Crippen LogP contribution in [0.25, 0.3) is 11.3 Å². The maximum atomic E-state index is 9.10. The first-order valence-corrected chi connectivity index (χ1v) is 8.80. The minimum atomic E-state index is -1.82. The van der Waals surface area contributed by atoms with Gasteiger partial charge in [-0.2, -0.15) is 0 Å². The van der Waals surface area contributed by atoms with Crippen LogP contribution in [0.4, 0.5) is 5.95 Å². The molecule has 0 aliphatic rings. The second kappa shape index (κ2) is 10.1. The molecule has 0 atom stereocenters. The summed E-state index contributed by atoms with van der Waals surface area (Å²) in [7, 11) is 3.66. The number of hydrogen-bond donors (Lipinski definition) is 3. The van der Waals surface area contributed by atoms with Gasteiger partial charge in [-0.25, -0.2) is 14.6 Å². The highest BCUT2D eigenvalue weighted by Crippen LogP contribution is 2.25. The minimum absolute atomic E-state index is 0.694. The van der Waals surface area contributed by atoms with E-state index in [9.17, 15) is 0 Å². The van der Waals surface area contributed by atoms with Crippen molar-refractivity contribution in [2.24, 2.45) is 7.05 Å². The number of rotatable bonds is 5. The molecule has 1 aromatic heterocycles. The van der Waals surface area contributed by atoms with Crippen LogP contribution in [-0.2, 0) is 23.2 Å². The summed E-state index contributed by atoms with van der Waals surface area (Å²) in [6.07, 6.45) is 1.86. The standard InChI is InChI=1S/C18H18ClN3O.C2H2O4/c1-22-17(14-4-3-5-16(10-14)23-2)12-21-18(22)20-11-13-6-8-15(19)9-7-13;3-1(4)2(5)6/h3-10,12H,11H2,1-2H3,(H,20,21);(H,3,4)(H,5,6). The molecule has 9 heteroatoms. The van der Waals surface area contributed by atoms with E-state index in [4.69, 9.17) is 36.1 Å². The number of ether oxygens (including phenoxy) is 1. The van der Waals surface area contributed by atoms with Gasteiger partial charge in [0.2, 0.25) is 5.95 Å². The van der Waals surface area contributed by atoms with E-state index in [1.165, 1.54) is 0 Å². The van der Waals surface area contributed by atoms with E-state index < -0.39 is 11.9 Å². The third-order valence-corrected chi connectivity index (χ3v) is 4.15. The number of carboxylic acids is 2. The predicted molar refractivity (Wildman–Crippen MR) is 109 cm³/mol. The van der Waals surface area contributed by atoms with Gasteiger partial charge < -0.3 is 24.8 Å². The number of halogens is 1. The Balaban J connectivity index is 0.000000438. The van der Waals surface area contributed by atoms with Crippen molar-refractivity contribution < 1.29 is 24.5 Å². The lowest BCUT2D eigenvalue weighted by molar-refractivity contribution is -0.159. The SMILES string of the molecule is COc1cccc(-c2cnc(NCc3ccc(Cl)cc3)n2C)c1.O=C(O)C(=O)O. The molecular weight excluding hydrogens is 398 g/mol. The van der Waals surface area contributed by atoms with Gasteiger partial charge in [-0.15, -0.1) is 0 Å². The summed E-state index contributed by atoms with van der Waals surface area (Å²) in [5, 5.41) is 18.9. The van der Waals surface area contributed by atoms with Crippen molar-refractivity contribution >= 4 is 29.5 Å². The molecule has 3 rings (SSSR count). The van der Waals surface area contributed by atoms with Crippen molar-refractivity contribution in [3.63, 3.8) is 0 Å². The summed E-state index contributed by atoms with van der Waals surface area (Å²) in [4.78, 5) is 22.7. The molecule has 29 heavy (non-hydrogen) atoms. The molecule has 0 spiro atoms. The van der Waals surface area contributed by atoms with Gasteiger partial charge >= 0.3 is 11.9 Å². The zero-order valence-electron chi connectivity index (χ0n) is 15.8. The molecular formula is C20H20ClN3O5. The Hall–Kier alpha value is -3.52. The van der Waals surface area contributed by atoms with Crippen molar-refractivity contribution in [3.8, 4) is 17.0 Å². The lowest BCUT2D eigenvalue weighted by atomic mass is 10.1. The number of methoxy groups -OCH3 is 1. The van der Waals surface area contributed by atoms with E-state index in [0.29, 0.717) is 6.54 Å². The van der Waals surface area contributed by atoms with Crippen LogP contribution in [-0.4, -0.2) is 38.8 Å². The minimum Gasteiger partial charge on any atom is -0.497 e. The van der Waals surface area contributed by atoms with Gasteiger partial charge in [0.15, 0.2) is 0 Å². The number of aromatic nitrogens is 2. The van der Waals surface area contributed by atoms with Gasteiger partial charge in [0, 0.05) is 24.2 Å². The maximum absolute atomic E-state index is 9.10. The van der Waals surface area contributed by atoms with Gasteiger partial charge in [0.25, 0.3) is 0 Å². The molecule has 3 N–H and O–H groups in total. The van der Waals surface area contributed by atoms with E-state index >= 15 is 0 Å². The molecule has 3 aromatic rings. The van der Waals surface area contributed by atoms with E-state index in [0.717, 1.165) is 33.5 Å². The number of nitrogens with zero attached hydrogens (tertiary/aromatic N) is 2. The number of imidazole rings is 1. The Morgan fingerprint density at radius 1 is 1.14 bits per heavy atom. The Morgan fingerprint density at radius 3 is 2.38 bits per heavy atom. The molecule has 0 saturated heterocycles. The summed E-state index contributed by atoms with van der Waals surface area (Å²) in [5.74, 6) is -2.00. The number of hydrogen-bond acceptors (Lipinski definition) is 5. The zero-order valence-corrected chi connectivity index (χ0v) is 16.6. The lowest BCUT2D eigenvalue weighted by Crippen LogP contribution is -2.09. The van der Waals surface area contributed by atoms with Crippen LogP contribution in [0.15, 0.2) is 54.7 Å². The fourth-order valence-corrected chi connectivity index (χ4v) is 2.53. The molecule has 0 unspecified atom stereocenters. The normalized spacial score (nSPS) is 9.90. The highest BCUT2D eigenvalue weighted by atomic mass is 35.5. The van der Waals surface area contributed by atoms with Crippen molar-refractivity contribution in [2.45, 2.75) is 6.54 Å². The first-order chi connectivity index (χ1) is 13.8. The molecule has 1 heterocycles. The van der Waals surface area contributed by atoms with E-state index in [1.807, 2.05) is 66.3 Å². The van der Waals surface area contributed by atoms with Crippen molar-refractivity contribution in [3.05, 3.63) is 65.3 Å². The van der Waals surface area contributed by atoms with E-state index in [2.05, 4.69) is 10.3 Å². The summed E-state index contributed by atoms with van der Waals surface area (Å²) in [5.41, 5.74) is 3.25. The van der Waals surface area contributed by atoms with Crippen LogP contribution >= 0.6 is 11.6 Å². The molecule has 8 nitrogen and oxygen atoms in total. The molecule has 0 aliphatic carbocycles. The highest BCUT2D eigenvalue weighted by Gasteiger charge is 2.09. The topological polar surface area (TPSA) is 114 Å². The Bertz CT molecular complexity index is 974. The predicted octanol–water partition coefficient (Wildman–Crippen LogP) is 3.52. The monoisotopic (exact) mass is 417 g/mol. The summed E-state index contributed by atoms with van der Waals surface area (Å²) in [6.45, 7) is 0.694. The van der Waals surface area contributed by atoms with Crippen LogP contribution in [0.3, 0.4) is 0 Å². The average Bonchev–Trinajstić information content (AvgIpc) is 3.08. The van der Waals surface area contributed by atoms with Gasteiger partial charge in [0.1, 0.15) is 5.75 Å². The number of carbonyl (C=O) groups is 2. The molecule has 0 fully saturated rings. The Labute approximate surface area is 172 Å². The summed E-state index contributed by atoms with van der Waals surface area (Å²) in [6, 6.07) is 15.7. The smallest absolute Gasteiger partial charge is 0.414 e. The second-order valence-electron chi connectivity index (χ2n) is 5.85. The first-order valence-electron chi connectivity index (χ1n) is 8.42. The molecule has 0 radical (unpaired) electrons. The van der Waals surface area contributed by atoms with Gasteiger partial charge in [-0.3, -0.25) is 0 Å². The number of carboxylic acid groups (broad SMARTS) is 2. The van der Waals surface area contributed by atoms with Crippen LogP contribution < -0.4 is 10.1 Å². The Kier molecular flexibility index (Phi) is 7.62. The third kappa shape index (κ3) is 6.25. The second-order valence-corrected chi connectivity index (χ2v) is 6.28. The van der Waals surface area contributed by atoms with E-state index in [1.54, 1.807) is 7.11 Å². The molecule has 0 bridgehead atoms. The van der Waals surface area contributed by atoms with Gasteiger partial charge in [-0.05, 0) is 29.8 Å². The molecule has 152 valence electrons. The van der Waals surface area contributed by atoms with Crippen molar-refractivity contribution in [1.82, 2.24) is 9.55 Å². The average molecular weight is 418 g/mol. The van der Waals surface area contributed by atoms with Crippen molar-refractivity contribution in [2.75, 3.05) is 12.4 Å². The summed E-state index contributed by atoms with van der Waals surface area (Å²) >= 11 is 5.90. The largest absolute Gasteiger partial charge is 0.497 e. The van der Waals surface area contributed by atoms with Crippen LogP contribution in [0.5, 0.6) is 5.75 Å². The van der Waals surface area contributed by atoms with Crippen LogP contribution in [0, 0.1) is 0 Å². The van der Waals surface area contributed by atoms with E-state index in [-0.39, 0.29) is 0 Å². The van der Waals surface area contributed by atoms with Crippen LogP contribution in [0.2, 0.25) is 5.02 Å². The van der Waals surface area contributed by atoms with Gasteiger partial charge in [0.05, 0.1) is 19.0 Å². The highest BCUT2D eigenvalue weighted by molar-refractivity contribution is 6.30. The number of anilines is 1. The molecule has 0 amide bonds. The molecule has 0 aliphatic heterocycles. The fraction of sp³-hybridized carbons (Fsp3) is 0.150. The number of aliphatic carboxylic acids is 2. The molecule has 0 saturated carbocycles. The fourth-order valence-electron chi connectivity index (χ4n) is 2.41. The van der Waals surface area contributed by atoms with Gasteiger partial charge in [-0.1, -0.05) is 35.9 Å². The molecule has 2 aromatic carbocycles.